The van der Waals surface area contributed by atoms with Crippen LogP contribution in [0.1, 0.15) is 25.1 Å². The van der Waals surface area contributed by atoms with Crippen molar-refractivity contribution in [2.24, 2.45) is 0 Å². The lowest BCUT2D eigenvalue weighted by molar-refractivity contribution is 0.624. The van der Waals surface area contributed by atoms with Gasteiger partial charge in [-0.2, -0.15) is 0 Å². The Morgan fingerprint density at radius 3 is 1.87 bits per heavy atom. The average Bonchev–Trinajstić information content (AvgIpc) is 3.71. The molecule has 0 saturated carbocycles. The number of fused-ring (bicyclic) bond motifs is 7. The van der Waals surface area contributed by atoms with Crippen LogP contribution in [-0.2, 0) is 5.41 Å². The van der Waals surface area contributed by atoms with Crippen LogP contribution in [0.4, 0.5) is 0 Å². The molecular weight excluding hydrogens is 550 g/mol. The predicted molar refractivity (Wildman–Crippen MR) is 183 cm³/mol. The third-order valence-electron chi connectivity index (χ3n) is 9.17. The maximum absolute atomic E-state index is 6.70. The number of para-hydroxylation sites is 2. The Balaban J connectivity index is 1.31. The lowest BCUT2D eigenvalue weighted by Gasteiger charge is -2.24. The highest BCUT2D eigenvalue weighted by Gasteiger charge is 2.43. The quantitative estimate of drug-likeness (QED) is 0.208. The number of hydrogen-bond donors (Lipinski definition) is 0. The van der Waals surface area contributed by atoms with Gasteiger partial charge in [-0.3, -0.25) is 0 Å². The normalized spacial score (nSPS) is 13.3. The van der Waals surface area contributed by atoms with E-state index in [0.29, 0.717) is 5.82 Å². The van der Waals surface area contributed by atoms with E-state index in [0.717, 1.165) is 61.4 Å². The molecule has 0 saturated heterocycles. The van der Waals surface area contributed by atoms with Gasteiger partial charge in [0.2, 0.25) is 0 Å². The lowest BCUT2D eigenvalue weighted by atomic mass is 9.84. The Labute approximate surface area is 261 Å². The molecule has 4 heteroatoms. The summed E-state index contributed by atoms with van der Waals surface area (Å²) in [4.78, 5) is 10.3. The van der Waals surface area contributed by atoms with E-state index in [4.69, 9.17) is 14.4 Å². The topological polar surface area (TPSA) is 43.9 Å². The van der Waals surface area contributed by atoms with Gasteiger partial charge in [0.05, 0.1) is 11.4 Å². The second-order valence-electron chi connectivity index (χ2n) is 12.2. The fourth-order valence-electron chi connectivity index (χ4n) is 7.08. The molecule has 0 radical (unpaired) electrons. The molecular formula is C41H29N3O. The molecule has 9 rings (SSSR count). The van der Waals surface area contributed by atoms with E-state index in [2.05, 4.69) is 115 Å². The van der Waals surface area contributed by atoms with Crippen molar-refractivity contribution in [2.45, 2.75) is 19.3 Å². The molecule has 5 aromatic carbocycles. The van der Waals surface area contributed by atoms with Crippen molar-refractivity contribution < 1.29 is 4.42 Å². The Hall–Kier alpha value is -5.74. The van der Waals surface area contributed by atoms with E-state index < -0.39 is 0 Å². The molecule has 0 unspecified atom stereocenters. The number of rotatable bonds is 4. The molecule has 0 spiro atoms. The highest BCUT2D eigenvalue weighted by atomic mass is 16.3. The molecule has 0 atom stereocenters. The van der Waals surface area contributed by atoms with E-state index in [9.17, 15) is 0 Å². The Bertz CT molecular complexity index is 2330. The maximum atomic E-state index is 6.70. The molecule has 214 valence electrons. The first-order valence-corrected chi connectivity index (χ1v) is 15.3. The molecule has 0 aliphatic heterocycles. The molecule has 8 aromatic rings. The van der Waals surface area contributed by atoms with Gasteiger partial charge in [-0.05, 0) is 47.5 Å². The molecule has 0 fully saturated rings. The molecule has 0 amide bonds. The van der Waals surface area contributed by atoms with Crippen LogP contribution in [0.2, 0.25) is 0 Å². The smallest absolute Gasteiger partial charge is 0.161 e. The van der Waals surface area contributed by atoms with Crippen LogP contribution in [0.3, 0.4) is 0 Å². The largest absolute Gasteiger partial charge is 0.454 e. The summed E-state index contributed by atoms with van der Waals surface area (Å²) in [6.45, 7) is 4.63. The van der Waals surface area contributed by atoms with Crippen molar-refractivity contribution in [3.05, 3.63) is 151 Å². The zero-order valence-electron chi connectivity index (χ0n) is 25.0. The summed E-state index contributed by atoms with van der Waals surface area (Å²) >= 11 is 0. The van der Waals surface area contributed by atoms with Gasteiger partial charge in [0.15, 0.2) is 11.4 Å². The van der Waals surface area contributed by atoms with Crippen LogP contribution in [0.5, 0.6) is 0 Å². The van der Waals surface area contributed by atoms with Crippen LogP contribution in [-0.4, -0.2) is 14.5 Å². The highest BCUT2D eigenvalue weighted by molar-refractivity contribution is 6.12. The van der Waals surface area contributed by atoms with Crippen LogP contribution in [0, 0.1) is 0 Å². The van der Waals surface area contributed by atoms with Crippen molar-refractivity contribution in [1.82, 2.24) is 14.5 Å². The maximum Gasteiger partial charge on any atom is 0.161 e. The molecule has 1 aliphatic carbocycles. The van der Waals surface area contributed by atoms with E-state index in [1.807, 2.05) is 42.5 Å². The van der Waals surface area contributed by atoms with E-state index in [1.165, 1.54) is 16.8 Å². The fourth-order valence-corrected chi connectivity index (χ4v) is 7.08. The highest BCUT2D eigenvalue weighted by Crippen LogP contribution is 2.55. The third kappa shape index (κ3) is 3.85. The second-order valence-corrected chi connectivity index (χ2v) is 12.2. The molecule has 0 bridgehead atoms. The van der Waals surface area contributed by atoms with E-state index in [-0.39, 0.29) is 5.41 Å². The zero-order chi connectivity index (χ0) is 30.1. The summed E-state index contributed by atoms with van der Waals surface area (Å²) in [6.07, 6.45) is 0. The van der Waals surface area contributed by atoms with Crippen molar-refractivity contribution in [1.29, 1.82) is 0 Å². The summed E-state index contributed by atoms with van der Waals surface area (Å²) in [5.74, 6) is 0.701. The van der Waals surface area contributed by atoms with Gasteiger partial charge in [0, 0.05) is 44.4 Å². The minimum atomic E-state index is -0.260. The Kier molecular flexibility index (Phi) is 5.51. The van der Waals surface area contributed by atoms with Gasteiger partial charge >= 0.3 is 0 Å². The van der Waals surface area contributed by atoms with Crippen LogP contribution < -0.4 is 0 Å². The second kappa shape index (κ2) is 9.63. The first-order chi connectivity index (χ1) is 22.1. The van der Waals surface area contributed by atoms with Crippen LogP contribution in [0.25, 0.3) is 72.8 Å². The zero-order valence-corrected chi connectivity index (χ0v) is 25.0. The molecule has 1 aliphatic rings. The van der Waals surface area contributed by atoms with Gasteiger partial charge in [0.25, 0.3) is 0 Å². The monoisotopic (exact) mass is 579 g/mol. The first kappa shape index (κ1) is 25.7. The SMILES string of the molecule is CC1(C)c2ccc(-c3nc(-c4ccccc4)cc(-c4ccccc4)n3)cc2-c2c1n(-c1ccccc1)c1c2oc2ccccc21. The standard InChI is InChI=1S/C41H29N3O/c1-41(2)32-23-22-28(40-42-33(26-14-6-3-7-15-26)25-34(43-40)27-16-8-4-9-17-27)24-31(32)36-38-37(30-20-12-13-21-35(30)45-38)44(39(36)41)29-18-10-5-11-19-29/h3-25H,1-2H3. The number of nitrogens with zero attached hydrogens (tertiary/aromatic N) is 3. The van der Waals surface area contributed by atoms with Gasteiger partial charge in [-0.25, -0.2) is 9.97 Å². The summed E-state index contributed by atoms with van der Waals surface area (Å²) in [6, 6.07) is 48.4. The van der Waals surface area contributed by atoms with Crippen molar-refractivity contribution in [3.63, 3.8) is 0 Å². The summed E-state index contributed by atoms with van der Waals surface area (Å²) in [7, 11) is 0. The van der Waals surface area contributed by atoms with E-state index in [1.54, 1.807) is 0 Å². The number of aromatic nitrogens is 3. The number of hydrogen-bond acceptors (Lipinski definition) is 3. The van der Waals surface area contributed by atoms with Gasteiger partial charge in [-0.15, -0.1) is 0 Å². The summed E-state index contributed by atoms with van der Waals surface area (Å²) in [5, 5.41) is 1.12. The Morgan fingerprint density at radius 2 is 1.20 bits per heavy atom. The minimum Gasteiger partial charge on any atom is -0.454 e. The minimum absolute atomic E-state index is 0.260. The fraction of sp³-hybridized carbons (Fsp3) is 0.0732. The Morgan fingerprint density at radius 1 is 0.600 bits per heavy atom. The number of furan rings is 1. The lowest BCUT2D eigenvalue weighted by Crippen LogP contribution is -2.19. The average molecular weight is 580 g/mol. The van der Waals surface area contributed by atoms with Crippen molar-refractivity contribution >= 4 is 22.1 Å². The van der Waals surface area contributed by atoms with Crippen molar-refractivity contribution in [2.75, 3.05) is 0 Å². The first-order valence-electron chi connectivity index (χ1n) is 15.3. The third-order valence-corrected chi connectivity index (χ3v) is 9.17. The van der Waals surface area contributed by atoms with Crippen LogP contribution >= 0.6 is 0 Å². The molecule has 3 heterocycles. The van der Waals surface area contributed by atoms with E-state index >= 15 is 0 Å². The molecule has 3 aromatic heterocycles. The number of benzene rings is 5. The molecule has 4 nitrogen and oxygen atoms in total. The van der Waals surface area contributed by atoms with Gasteiger partial charge < -0.3 is 8.98 Å². The van der Waals surface area contributed by atoms with Gasteiger partial charge in [0.1, 0.15) is 11.1 Å². The van der Waals surface area contributed by atoms with Gasteiger partial charge in [-0.1, -0.05) is 117 Å². The summed E-state index contributed by atoms with van der Waals surface area (Å²) in [5.41, 5.74) is 13.5. The molecule has 0 N–H and O–H groups in total. The molecule has 45 heavy (non-hydrogen) atoms. The van der Waals surface area contributed by atoms with Crippen LogP contribution in [0.15, 0.2) is 144 Å². The summed E-state index contributed by atoms with van der Waals surface area (Å²) < 4.78 is 9.11. The van der Waals surface area contributed by atoms with Crippen molar-refractivity contribution in [3.8, 4) is 50.7 Å². The predicted octanol–water partition coefficient (Wildman–Crippen LogP) is 10.5.